The summed E-state index contributed by atoms with van der Waals surface area (Å²) in [5.74, 6) is 0.979. The van der Waals surface area contributed by atoms with Crippen molar-refractivity contribution in [3.05, 3.63) is 0 Å². The third-order valence-electron chi connectivity index (χ3n) is 4.57. The van der Waals surface area contributed by atoms with Crippen LogP contribution in [0.5, 0.6) is 0 Å². The molecule has 2 heterocycles. The lowest BCUT2D eigenvalue weighted by Gasteiger charge is -2.42. The highest BCUT2D eigenvalue weighted by Gasteiger charge is 2.50. The van der Waals surface area contributed by atoms with E-state index < -0.39 is 0 Å². The van der Waals surface area contributed by atoms with Crippen molar-refractivity contribution in [1.82, 2.24) is 10.2 Å². The average Bonchev–Trinajstić information content (AvgIpc) is 2.78. The fraction of sp³-hybridized carbons (Fsp3) is 1.00. The summed E-state index contributed by atoms with van der Waals surface area (Å²) in [6, 6.07) is 0.942. The number of nitrogens with zero attached hydrogens (tertiary/aromatic N) is 1. The SMILES string of the molecule is CC1CC1N1CCCC12CCCNC2. The first-order valence-corrected chi connectivity index (χ1v) is 6.29. The Hall–Kier alpha value is -0.0800. The maximum Gasteiger partial charge on any atom is 0.0337 e. The molecule has 0 amide bonds. The summed E-state index contributed by atoms with van der Waals surface area (Å²) in [6.45, 7) is 6.29. The van der Waals surface area contributed by atoms with Crippen molar-refractivity contribution in [3.63, 3.8) is 0 Å². The van der Waals surface area contributed by atoms with Gasteiger partial charge in [-0.3, -0.25) is 4.90 Å². The van der Waals surface area contributed by atoms with E-state index in [1.807, 2.05) is 0 Å². The Morgan fingerprint density at radius 1 is 1.29 bits per heavy atom. The van der Waals surface area contributed by atoms with Crippen molar-refractivity contribution in [2.24, 2.45) is 5.92 Å². The first kappa shape index (κ1) is 9.17. The smallest absolute Gasteiger partial charge is 0.0337 e. The summed E-state index contributed by atoms with van der Waals surface area (Å²) in [4.78, 5) is 2.85. The van der Waals surface area contributed by atoms with E-state index in [1.165, 1.54) is 51.7 Å². The van der Waals surface area contributed by atoms with Gasteiger partial charge in [0.25, 0.3) is 0 Å². The molecule has 0 bridgehead atoms. The summed E-state index contributed by atoms with van der Waals surface area (Å²) in [6.07, 6.45) is 7.18. The van der Waals surface area contributed by atoms with E-state index in [0.717, 1.165) is 12.0 Å². The summed E-state index contributed by atoms with van der Waals surface area (Å²) in [5, 5.41) is 3.60. The Balaban J connectivity index is 1.75. The van der Waals surface area contributed by atoms with E-state index in [4.69, 9.17) is 0 Å². The Kier molecular flexibility index (Phi) is 2.10. The molecular weight excluding hydrogens is 172 g/mol. The topological polar surface area (TPSA) is 15.3 Å². The van der Waals surface area contributed by atoms with E-state index in [2.05, 4.69) is 17.1 Å². The van der Waals surface area contributed by atoms with Gasteiger partial charge < -0.3 is 5.32 Å². The van der Waals surface area contributed by atoms with Crippen LogP contribution in [0.15, 0.2) is 0 Å². The number of likely N-dealkylation sites (tertiary alicyclic amines) is 1. The van der Waals surface area contributed by atoms with Crippen molar-refractivity contribution in [2.75, 3.05) is 19.6 Å². The van der Waals surface area contributed by atoms with Gasteiger partial charge in [0.1, 0.15) is 0 Å². The summed E-state index contributed by atoms with van der Waals surface area (Å²) in [7, 11) is 0. The van der Waals surface area contributed by atoms with Crippen molar-refractivity contribution in [1.29, 1.82) is 0 Å². The molecule has 14 heavy (non-hydrogen) atoms. The quantitative estimate of drug-likeness (QED) is 0.682. The van der Waals surface area contributed by atoms with E-state index in [9.17, 15) is 0 Å². The van der Waals surface area contributed by atoms with E-state index in [0.29, 0.717) is 5.54 Å². The monoisotopic (exact) mass is 194 g/mol. The molecule has 2 saturated heterocycles. The molecule has 1 N–H and O–H groups in total. The van der Waals surface area contributed by atoms with Gasteiger partial charge in [0.05, 0.1) is 0 Å². The molecule has 3 rings (SSSR count). The predicted octanol–water partition coefficient (Wildman–Crippen LogP) is 1.61. The Morgan fingerprint density at radius 2 is 2.07 bits per heavy atom. The average molecular weight is 194 g/mol. The van der Waals surface area contributed by atoms with Crippen LogP contribution in [0, 0.1) is 5.92 Å². The standard InChI is InChI=1S/C12H22N2/c1-10-8-11(10)14-7-3-5-12(14)4-2-6-13-9-12/h10-11,13H,2-9H2,1H3. The van der Waals surface area contributed by atoms with E-state index in [1.54, 1.807) is 0 Å². The molecule has 3 unspecified atom stereocenters. The van der Waals surface area contributed by atoms with Crippen LogP contribution >= 0.6 is 0 Å². The Morgan fingerprint density at radius 3 is 2.71 bits per heavy atom. The molecule has 3 atom stereocenters. The molecule has 0 aromatic rings. The lowest BCUT2D eigenvalue weighted by Crippen LogP contribution is -2.55. The second kappa shape index (κ2) is 3.21. The number of rotatable bonds is 1. The maximum atomic E-state index is 3.60. The zero-order valence-electron chi connectivity index (χ0n) is 9.26. The summed E-state index contributed by atoms with van der Waals surface area (Å²) >= 11 is 0. The second-order valence-electron chi connectivity index (χ2n) is 5.58. The number of nitrogens with one attached hydrogen (secondary N) is 1. The van der Waals surface area contributed by atoms with Crippen molar-refractivity contribution in [3.8, 4) is 0 Å². The molecular formula is C12H22N2. The summed E-state index contributed by atoms with van der Waals surface area (Å²) < 4.78 is 0. The van der Waals surface area contributed by atoms with Gasteiger partial charge in [-0.2, -0.15) is 0 Å². The van der Waals surface area contributed by atoms with Crippen molar-refractivity contribution >= 4 is 0 Å². The van der Waals surface area contributed by atoms with Crippen LogP contribution in [-0.4, -0.2) is 36.1 Å². The van der Waals surface area contributed by atoms with Gasteiger partial charge in [-0.1, -0.05) is 6.92 Å². The Labute approximate surface area is 87.0 Å². The largest absolute Gasteiger partial charge is 0.315 e. The first-order chi connectivity index (χ1) is 6.82. The molecule has 80 valence electrons. The summed E-state index contributed by atoms with van der Waals surface area (Å²) in [5.41, 5.74) is 0.577. The third kappa shape index (κ3) is 1.31. The van der Waals surface area contributed by atoms with Gasteiger partial charge >= 0.3 is 0 Å². The predicted molar refractivity (Wildman–Crippen MR) is 58.3 cm³/mol. The number of piperidine rings is 1. The molecule has 1 saturated carbocycles. The lowest BCUT2D eigenvalue weighted by atomic mass is 9.87. The number of hydrogen-bond donors (Lipinski definition) is 1. The highest BCUT2D eigenvalue weighted by Crippen LogP contribution is 2.45. The fourth-order valence-corrected chi connectivity index (χ4v) is 3.62. The number of hydrogen-bond acceptors (Lipinski definition) is 2. The zero-order valence-corrected chi connectivity index (χ0v) is 9.26. The minimum absolute atomic E-state index is 0.577. The zero-order chi connectivity index (χ0) is 9.60. The van der Waals surface area contributed by atoms with Crippen LogP contribution < -0.4 is 5.32 Å². The highest BCUT2D eigenvalue weighted by molar-refractivity contribution is 5.07. The maximum absolute atomic E-state index is 3.60. The van der Waals surface area contributed by atoms with Gasteiger partial charge in [0.15, 0.2) is 0 Å². The molecule has 2 aliphatic heterocycles. The van der Waals surface area contributed by atoms with Gasteiger partial charge in [-0.15, -0.1) is 0 Å². The molecule has 2 heteroatoms. The lowest BCUT2D eigenvalue weighted by molar-refractivity contribution is 0.0932. The molecule has 3 fully saturated rings. The minimum Gasteiger partial charge on any atom is -0.315 e. The van der Waals surface area contributed by atoms with Crippen LogP contribution in [0.25, 0.3) is 0 Å². The molecule has 1 spiro atoms. The van der Waals surface area contributed by atoms with Crippen LogP contribution in [0.2, 0.25) is 0 Å². The molecule has 0 radical (unpaired) electrons. The molecule has 0 aromatic carbocycles. The fourth-order valence-electron chi connectivity index (χ4n) is 3.62. The van der Waals surface area contributed by atoms with Crippen LogP contribution in [0.3, 0.4) is 0 Å². The van der Waals surface area contributed by atoms with Gasteiger partial charge in [0, 0.05) is 18.1 Å². The van der Waals surface area contributed by atoms with Crippen LogP contribution in [0.1, 0.15) is 39.0 Å². The molecule has 3 aliphatic rings. The van der Waals surface area contributed by atoms with E-state index >= 15 is 0 Å². The van der Waals surface area contributed by atoms with Gasteiger partial charge in [0.2, 0.25) is 0 Å². The van der Waals surface area contributed by atoms with Crippen LogP contribution in [-0.2, 0) is 0 Å². The van der Waals surface area contributed by atoms with Crippen molar-refractivity contribution in [2.45, 2.75) is 50.6 Å². The second-order valence-corrected chi connectivity index (χ2v) is 5.58. The first-order valence-electron chi connectivity index (χ1n) is 6.29. The minimum atomic E-state index is 0.577. The van der Waals surface area contributed by atoms with Crippen LogP contribution in [0.4, 0.5) is 0 Å². The molecule has 0 aromatic heterocycles. The molecule has 2 nitrogen and oxygen atoms in total. The molecule has 1 aliphatic carbocycles. The van der Waals surface area contributed by atoms with Gasteiger partial charge in [-0.25, -0.2) is 0 Å². The highest BCUT2D eigenvalue weighted by atomic mass is 15.3. The van der Waals surface area contributed by atoms with Crippen molar-refractivity contribution < 1.29 is 0 Å². The third-order valence-corrected chi connectivity index (χ3v) is 4.57. The normalized spacial score (nSPS) is 48.6. The van der Waals surface area contributed by atoms with Gasteiger partial charge in [-0.05, 0) is 51.1 Å². The van der Waals surface area contributed by atoms with E-state index in [-0.39, 0.29) is 0 Å². The Bertz CT molecular complexity index is 220.